The zero-order valence-electron chi connectivity index (χ0n) is 4.99. The fourth-order valence-corrected chi connectivity index (χ4v) is 0.453. The van der Waals surface area contributed by atoms with Gasteiger partial charge in [-0.05, 0) is 12.1 Å². The second-order valence-corrected chi connectivity index (χ2v) is 1.41. The Labute approximate surface area is 54.5 Å². The number of nitrogens with zero attached hydrogens (tertiary/aromatic N) is 1. The van der Waals surface area contributed by atoms with Crippen LogP contribution in [0.25, 0.3) is 0 Å². The molecule has 0 aromatic heterocycles. The van der Waals surface area contributed by atoms with Crippen molar-refractivity contribution in [3.63, 3.8) is 0 Å². The third kappa shape index (κ3) is 3.12. The highest BCUT2D eigenvalue weighted by Gasteiger charge is 1.72. The highest BCUT2D eigenvalue weighted by atomic mass is 14.5. The van der Waals surface area contributed by atoms with Crippen LogP contribution in [0.3, 0.4) is 0 Å². The monoisotopic (exact) mass is 120 g/mol. The van der Waals surface area contributed by atoms with Crippen LogP contribution in [0.2, 0.25) is 0 Å². The minimum Gasteiger partial charge on any atom is -0.399 e. The van der Waals surface area contributed by atoms with Gasteiger partial charge < -0.3 is 5.73 Å². The number of nitrogens with two attached hydrogens (primary N) is 1. The molecule has 0 bridgehead atoms. The summed E-state index contributed by atoms with van der Waals surface area (Å²) in [7, 11) is 0. The summed E-state index contributed by atoms with van der Waals surface area (Å²) < 4.78 is 0. The Morgan fingerprint density at radius 3 is 1.78 bits per heavy atom. The first-order valence-electron chi connectivity index (χ1n) is 2.46. The van der Waals surface area contributed by atoms with Crippen molar-refractivity contribution in [3.05, 3.63) is 30.3 Å². The Kier molecular flexibility index (Phi) is 3.89. The molecule has 2 heteroatoms. The molecule has 0 aliphatic rings. The predicted octanol–water partition coefficient (Wildman–Crippen LogP) is 1.41. The smallest absolute Gasteiger partial charge is 0.0462 e. The van der Waals surface area contributed by atoms with E-state index in [9.17, 15) is 0 Å². The van der Waals surface area contributed by atoms with Crippen molar-refractivity contribution in [3.8, 4) is 6.57 Å². The van der Waals surface area contributed by atoms with Gasteiger partial charge in [-0.3, -0.25) is 0 Å². The second-order valence-electron chi connectivity index (χ2n) is 1.41. The molecule has 1 aromatic carbocycles. The molecule has 9 heavy (non-hydrogen) atoms. The van der Waals surface area contributed by atoms with E-state index in [1.54, 1.807) is 0 Å². The minimum absolute atomic E-state index is 0.822. The Morgan fingerprint density at radius 1 is 1.11 bits per heavy atom. The normalized spacial score (nSPS) is 6.89. The van der Waals surface area contributed by atoms with Gasteiger partial charge in [-0.2, -0.15) is 0 Å². The molecule has 2 nitrogen and oxygen atoms in total. The molecule has 1 aromatic rings. The summed E-state index contributed by atoms with van der Waals surface area (Å²) in [6.45, 7) is 3.50. The van der Waals surface area contributed by atoms with Gasteiger partial charge >= 0.3 is 0 Å². The van der Waals surface area contributed by atoms with E-state index in [2.05, 4.69) is 6.57 Å². The van der Waals surface area contributed by atoms with Crippen LogP contribution in [0.15, 0.2) is 30.3 Å². The van der Waals surface area contributed by atoms with Crippen molar-refractivity contribution < 1.29 is 0 Å². The lowest BCUT2D eigenvalue weighted by Crippen LogP contribution is -1.79. The van der Waals surface area contributed by atoms with E-state index in [-0.39, 0.29) is 0 Å². The van der Waals surface area contributed by atoms with E-state index in [0.717, 1.165) is 5.69 Å². The molecule has 0 saturated heterocycles. The van der Waals surface area contributed by atoms with Crippen molar-refractivity contribution in [1.82, 2.24) is 0 Å². The maximum Gasteiger partial charge on any atom is 0.0462 e. The SMILES string of the molecule is C#N.Nc1ccccc1. The van der Waals surface area contributed by atoms with Gasteiger partial charge in [-0.25, -0.2) is 5.26 Å². The number of rotatable bonds is 0. The Hall–Kier alpha value is -1.49. The van der Waals surface area contributed by atoms with Crippen LogP contribution in [-0.2, 0) is 0 Å². The molecule has 0 spiro atoms. The van der Waals surface area contributed by atoms with Gasteiger partial charge in [-0.1, -0.05) is 18.2 Å². The van der Waals surface area contributed by atoms with Crippen molar-refractivity contribution >= 4 is 5.69 Å². The largest absolute Gasteiger partial charge is 0.399 e. The van der Waals surface area contributed by atoms with Crippen LogP contribution in [0.5, 0.6) is 0 Å². The van der Waals surface area contributed by atoms with Crippen LogP contribution in [0, 0.1) is 11.8 Å². The molecule has 1 rings (SSSR count). The Balaban J connectivity index is 0.000000291. The third-order valence-electron chi connectivity index (χ3n) is 0.800. The van der Waals surface area contributed by atoms with E-state index in [1.807, 2.05) is 30.3 Å². The zero-order valence-corrected chi connectivity index (χ0v) is 4.99. The summed E-state index contributed by atoms with van der Waals surface area (Å²) in [4.78, 5) is 0. The number of benzene rings is 1. The maximum atomic E-state index is 6.50. The van der Waals surface area contributed by atoms with Crippen molar-refractivity contribution in [2.24, 2.45) is 0 Å². The zero-order chi connectivity index (χ0) is 7.11. The van der Waals surface area contributed by atoms with E-state index < -0.39 is 0 Å². The summed E-state index contributed by atoms with van der Waals surface area (Å²) >= 11 is 0. The lowest BCUT2D eigenvalue weighted by molar-refractivity contribution is 1.58. The molecule has 0 aliphatic carbocycles. The van der Waals surface area contributed by atoms with Gasteiger partial charge in [0.15, 0.2) is 0 Å². The van der Waals surface area contributed by atoms with Gasteiger partial charge in [0.25, 0.3) is 0 Å². The second kappa shape index (κ2) is 4.66. The van der Waals surface area contributed by atoms with E-state index in [4.69, 9.17) is 11.0 Å². The van der Waals surface area contributed by atoms with Gasteiger partial charge in [0.05, 0.1) is 0 Å². The maximum absolute atomic E-state index is 6.50. The topological polar surface area (TPSA) is 49.8 Å². The number of hydrogen-bond acceptors (Lipinski definition) is 2. The quantitative estimate of drug-likeness (QED) is 0.526. The van der Waals surface area contributed by atoms with Gasteiger partial charge in [0.2, 0.25) is 0 Å². The van der Waals surface area contributed by atoms with Crippen molar-refractivity contribution in [2.45, 2.75) is 0 Å². The first-order chi connectivity index (χ1) is 4.39. The molecule has 0 heterocycles. The lowest BCUT2D eigenvalue weighted by atomic mass is 10.3. The van der Waals surface area contributed by atoms with Crippen LogP contribution in [0.1, 0.15) is 0 Å². The van der Waals surface area contributed by atoms with Gasteiger partial charge in [0.1, 0.15) is 0 Å². The van der Waals surface area contributed by atoms with Gasteiger partial charge in [-0.15, -0.1) is 0 Å². The van der Waals surface area contributed by atoms with E-state index in [0.29, 0.717) is 0 Å². The third-order valence-corrected chi connectivity index (χ3v) is 0.800. The molecule has 0 fully saturated rings. The number of hydrogen-bond donors (Lipinski definition) is 1. The highest BCUT2D eigenvalue weighted by Crippen LogP contribution is 1.95. The molecule has 0 atom stereocenters. The van der Waals surface area contributed by atoms with Crippen LogP contribution in [-0.4, -0.2) is 0 Å². The fraction of sp³-hybridized carbons (Fsp3) is 0. The summed E-state index contributed by atoms with van der Waals surface area (Å²) in [5.41, 5.74) is 6.18. The molecule has 46 valence electrons. The average molecular weight is 120 g/mol. The molecular weight excluding hydrogens is 112 g/mol. The number of nitriles is 1. The number of nitrogen functional groups attached to an aromatic ring is 1. The Morgan fingerprint density at radius 2 is 1.56 bits per heavy atom. The average Bonchev–Trinajstić information content (AvgIpc) is 1.94. The molecule has 0 aliphatic heterocycles. The van der Waals surface area contributed by atoms with Crippen LogP contribution >= 0.6 is 0 Å². The van der Waals surface area contributed by atoms with Crippen LogP contribution in [0.4, 0.5) is 5.69 Å². The number of anilines is 1. The van der Waals surface area contributed by atoms with Gasteiger partial charge in [0, 0.05) is 12.3 Å². The van der Waals surface area contributed by atoms with Crippen LogP contribution < -0.4 is 5.73 Å². The minimum atomic E-state index is 0.822. The van der Waals surface area contributed by atoms with E-state index in [1.165, 1.54) is 0 Å². The standard InChI is InChI=1S/C6H7N.CHN/c7-6-4-2-1-3-5-6;1-2/h1-5H,7H2;1H. The van der Waals surface area contributed by atoms with E-state index >= 15 is 0 Å². The highest BCUT2D eigenvalue weighted by molar-refractivity contribution is 5.35. The molecular formula is C7H8N2. The molecule has 0 saturated carbocycles. The molecule has 0 radical (unpaired) electrons. The molecule has 0 amide bonds. The molecule has 0 unspecified atom stereocenters. The van der Waals surface area contributed by atoms with Crippen molar-refractivity contribution in [1.29, 1.82) is 5.26 Å². The summed E-state index contributed by atoms with van der Waals surface area (Å²) in [6, 6.07) is 9.49. The lowest BCUT2D eigenvalue weighted by Gasteiger charge is -1.83. The van der Waals surface area contributed by atoms with Crippen molar-refractivity contribution in [2.75, 3.05) is 5.73 Å². The molecule has 2 N–H and O–H groups in total. The Bertz CT molecular complexity index is 167. The first kappa shape index (κ1) is 7.51. The predicted molar refractivity (Wildman–Crippen MR) is 37.5 cm³/mol. The fourth-order valence-electron chi connectivity index (χ4n) is 0.453. The summed E-state index contributed by atoms with van der Waals surface area (Å²) in [5, 5.41) is 6.50. The summed E-state index contributed by atoms with van der Waals surface area (Å²) in [5.74, 6) is 0. The number of para-hydroxylation sites is 1. The first-order valence-corrected chi connectivity index (χ1v) is 2.46. The summed E-state index contributed by atoms with van der Waals surface area (Å²) in [6.07, 6.45) is 0.